The van der Waals surface area contributed by atoms with Crippen molar-refractivity contribution in [2.45, 2.75) is 25.4 Å². The van der Waals surface area contributed by atoms with E-state index in [1.54, 1.807) is 6.07 Å². The minimum atomic E-state index is 0.195. The van der Waals surface area contributed by atoms with Gasteiger partial charge < -0.3 is 10.1 Å². The zero-order valence-electron chi connectivity index (χ0n) is 11.8. The molecule has 1 aliphatic rings. The van der Waals surface area contributed by atoms with Gasteiger partial charge in [-0.3, -0.25) is 0 Å². The normalized spacial score (nSPS) is 18.7. The molecule has 1 N–H and O–H groups in total. The van der Waals surface area contributed by atoms with Gasteiger partial charge in [-0.15, -0.1) is 0 Å². The summed E-state index contributed by atoms with van der Waals surface area (Å²) in [7, 11) is 0. The first-order valence-electron chi connectivity index (χ1n) is 7.08. The van der Waals surface area contributed by atoms with Crippen LogP contribution in [0.4, 0.5) is 0 Å². The first-order valence-corrected chi connectivity index (χ1v) is 7.83. The second-order valence-corrected chi connectivity index (χ2v) is 6.14. The van der Waals surface area contributed by atoms with Gasteiger partial charge in [0.05, 0.1) is 11.6 Å². The highest BCUT2D eigenvalue weighted by Crippen LogP contribution is 2.40. The predicted molar refractivity (Wildman–Crippen MR) is 87.3 cm³/mol. The van der Waals surface area contributed by atoms with Crippen LogP contribution < -0.4 is 10.1 Å². The van der Waals surface area contributed by atoms with Crippen molar-refractivity contribution < 1.29 is 4.74 Å². The van der Waals surface area contributed by atoms with E-state index in [9.17, 15) is 0 Å². The molecule has 0 aliphatic carbocycles. The summed E-state index contributed by atoms with van der Waals surface area (Å²) in [5.41, 5.74) is 2.31. The van der Waals surface area contributed by atoms with E-state index in [-0.39, 0.29) is 12.1 Å². The molecule has 0 saturated carbocycles. The van der Waals surface area contributed by atoms with Gasteiger partial charge in [-0.05, 0) is 24.6 Å². The summed E-state index contributed by atoms with van der Waals surface area (Å²) in [6, 6.07) is 14.5. The molecule has 4 heteroatoms. The second kappa shape index (κ2) is 6.27. The Labute approximate surface area is 135 Å². The molecule has 1 heterocycles. The van der Waals surface area contributed by atoms with Gasteiger partial charge in [0.2, 0.25) is 0 Å². The SMILES string of the molecule is CC(NC1CCOc2c(Cl)cc(Cl)cc21)c1ccccc1. The van der Waals surface area contributed by atoms with Crippen LogP contribution in [0.1, 0.15) is 36.6 Å². The molecule has 2 nitrogen and oxygen atoms in total. The van der Waals surface area contributed by atoms with E-state index in [1.165, 1.54) is 5.56 Å². The Bertz CT molecular complexity index is 630. The Morgan fingerprint density at radius 1 is 1.19 bits per heavy atom. The predicted octanol–water partition coefficient (Wildman–Crippen LogP) is 5.17. The molecule has 1 aliphatic heterocycles. The van der Waals surface area contributed by atoms with Gasteiger partial charge in [0, 0.05) is 29.1 Å². The van der Waals surface area contributed by atoms with Gasteiger partial charge >= 0.3 is 0 Å². The monoisotopic (exact) mass is 321 g/mol. The first kappa shape index (κ1) is 14.7. The minimum absolute atomic E-state index is 0.195. The van der Waals surface area contributed by atoms with Crippen molar-refractivity contribution in [1.29, 1.82) is 0 Å². The molecule has 0 radical (unpaired) electrons. The molecule has 3 rings (SSSR count). The van der Waals surface area contributed by atoms with Crippen LogP contribution in [0.5, 0.6) is 5.75 Å². The van der Waals surface area contributed by atoms with Crippen LogP contribution in [0.25, 0.3) is 0 Å². The van der Waals surface area contributed by atoms with Crippen LogP contribution in [0, 0.1) is 0 Å². The standard InChI is InChI=1S/C17H17Cl2NO/c1-11(12-5-3-2-4-6-12)20-16-7-8-21-17-14(16)9-13(18)10-15(17)19/h2-6,9-11,16,20H,7-8H2,1H3. The number of nitrogens with one attached hydrogen (secondary N) is 1. The van der Waals surface area contributed by atoms with E-state index in [0.717, 1.165) is 17.7 Å². The number of halogens is 2. The topological polar surface area (TPSA) is 21.3 Å². The third-order valence-corrected chi connectivity index (χ3v) is 4.32. The molecule has 0 aromatic heterocycles. The van der Waals surface area contributed by atoms with E-state index < -0.39 is 0 Å². The van der Waals surface area contributed by atoms with E-state index in [1.807, 2.05) is 12.1 Å². The van der Waals surface area contributed by atoms with Gasteiger partial charge in [-0.2, -0.15) is 0 Å². The molecule has 21 heavy (non-hydrogen) atoms. The zero-order valence-corrected chi connectivity index (χ0v) is 13.3. The number of hydrogen-bond acceptors (Lipinski definition) is 2. The molecular weight excluding hydrogens is 305 g/mol. The molecule has 0 amide bonds. The highest BCUT2D eigenvalue weighted by atomic mass is 35.5. The lowest BCUT2D eigenvalue weighted by molar-refractivity contribution is 0.246. The fourth-order valence-corrected chi connectivity index (χ4v) is 3.30. The maximum absolute atomic E-state index is 6.23. The summed E-state index contributed by atoms with van der Waals surface area (Å²) < 4.78 is 5.70. The summed E-state index contributed by atoms with van der Waals surface area (Å²) in [6.45, 7) is 2.82. The summed E-state index contributed by atoms with van der Waals surface area (Å²) in [4.78, 5) is 0. The third-order valence-electron chi connectivity index (χ3n) is 3.82. The van der Waals surface area contributed by atoms with Crippen molar-refractivity contribution in [3.8, 4) is 5.75 Å². The molecule has 110 valence electrons. The third kappa shape index (κ3) is 3.18. The lowest BCUT2D eigenvalue weighted by Crippen LogP contribution is -2.29. The smallest absolute Gasteiger partial charge is 0.142 e. The quantitative estimate of drug-likeness (QED) is 0.842. The van der Waals surface area contributed by atoms with Gasteiger partial charge in [-0.25, -0.2) is 0 Å². The van der Waals surface area contributed by atoms with E-state index in [0.29, 0.717) is 16.7 Å². The fraction of sp³-hybridized carbons (Fsp3) is 0.294. The van der Waals surface area contributed by atoms with Gasteiger partial charge in [-0.1, -0.05) is 53.5 Å². The molecule has 0 spiro atoms. The lowest BCUT2D eigenvalue weighted by atomic mass is 9.98. The van der Waals surface area contributed by atoms with E-state index in [4.69, 9.17) is 27.9 Å². The number of rotatable bonds is 3. The molecule has 2 aromatic rings. The molecular formula is C17H17Cl2NO. The molecule has 0 saturated heterocycles. The summed E-state index contributed by atoms with van der Waals surface area (Å²) >= 11 is 12.4. The Balaban J connectivity index is 1.85. The number of benzene rings is 2. The summed E-state index contributed by atoms with van der Waals surface area (Å²) in [5.74, 6) is 0.755. The maximum Gasteiger partial charge on any atom is 0.142 e. The average Bonchev–Trinajstić information content (AvgIpc) is 2.49. The van der Waals surface area contributed by atoms with Crippen molar-refractivity contribution in [1.82, 2.24) is 5.32 Å². The number of ether oxygens (including phenoxy) is 1. The lowest BCUT2D eigenvalue weighted by Gasteiger charge is -2.30. The number of fused-ring (bicyclic) bond motifs is 1. The van der Waals surface area contributed by atoms with Crippen molar-refractivity contribution in [3.05, 3.63) is 63.6 Å². The van der Waals surface area contributed by atoms with Crippen molar-refractivity contribution in [2.75, 3.05) is 6.61 Å². The van der Waals surface area contributed by atoms with Crippen LogP contribution in [0.15, 0.2) is 42.5 Å². The highest BCUT2D eigenvalue weighted by Gasteiger charge is 2.25. The van der Waals surface area contributed by atoms with E-state index >= 15 is 0 Å². The van der Waals surface area contributed by atoms with Gasteiger partial charge in [0.15, 0.2) is 0 Å². The van der Waals surface area contributed by atoms with Crippen molar-refractivity contribution in [2.24, 2.45) is 0 Å². The second-order valence-electron chi connectivity index (χ2n) is 5.29. The van der Waals surface area contributed by atoms with Crippen LogP contribution in [-0.2, 0) is 0 Å². The van der Waals surface area contributed by atoms with E-state index in [2.05, 4.69) is 36.5 Å². The molecule has 0 bridgehead atoms. The van der Waals surface area contributed by atoms with Crippen LogP contribution >= 0.6 is 23.2 Å². The van der Waals surface area contributed by atoms with Crippen LogP contribution in [0.2, 0.25) is 10.0 Å². The van der Waals surface area contributed by atoms with Crippen LogP contribution in [-0.4, -0.2) is 6.61 Å². The van der Waals surface area contributed by atoms with Crippen molar-refractivity contribution in [3.63, 3.8) is 0 Å². The average molecular weight is 322 g/mol. The first-order chi connectivity index (χ1) is 10.1. The van der Waals surface area contributed by atoms with Gasteiger partial charge in [0.1, 0.15) is 5.75 Å². The number of hydrogen-bond donors (Lipinski definition) is 1. The summed E-state index contributed by atoms with van der Waals surface area (Å²) in [6.07, 6.45) is 0.904. The highest BCUT2D eigenvalue weighted by molar-refractivity contribution is 6.35. The Morgan fingerprint density at radius 2 is 1.95 bits per heavy atom. The molecule has 2 aromatic carbocycles. The Morgan fingerprint density at radius 3 is 2.71 bits per heavy atom. The van der Waals surface area contributed by atoms with Crippen molar-refractivity contribution >= 4 is 23.2 Å². The largest absolute Gasteiger partial charge is 0.492 e. The minimum Gasteiger partial charge on any atom is -0.492 e. The molecule has 2 atom stereocenters. The van der Waals surface area contributed by atoms with Gasteiger partial charge in [0.25, 0.3) is 0 Å². The Hall–Kier alpha value is -1.22. The Kier molecular flexibility index (Phi) is 4.39. The maximum atomic E-state index is 6.23. The summed E-state index contributed by atoms with van der Waals surface area (Å²) in [5, 5.41) is 4.87. The molecule has 2 unspecified atom stereocenters. The van der Waals surface area contributed by atoms with Crippen LogP contribution in [0.3, 0.4) is 0 Å². The zero-order chi connectivity index (χ0) is 14.8. The molecule has 0 fully saturated rings. The fourth-order valence-electron chi connectivity index (χ4n) is 2.74.